The van der Waals surface area contributed by atoms with Crippen LogP contribution in [0.5, 0.6) is 0 Å². The Hall–Kier alpha value is -3.00. The summed E-state index contributed by atoms with van der Waals surface area (Å²) < 4.78 is 59.0. The zero-order chi connectivity index (χ0) is 24.1. The molecule has 0 saturated carbocycles. The first-order valence-electron chi connectivity index (χ1n) is 9.62. The lowest BCUT2D eigenvalue weighted by Gasteiger charge is -2.08. The summed E-state index contributed by atoms with van der Waals surface area (Å²) in [6, 6.07) is 14.2. The van der Waals surface area contributed by atoms with Crippen molar-refractivity contribution in [2.75, 3.05) is 23.2 Å². The number of benzene rings is 2. The topological polar surface area (TPSA) is 144 Å². The molecular weight excluding hydrogens is 488 g/mol. The number of anilines is 2. The maximum Gasteiger partial charge on any atom is 0.412 e. The van der Waals surface area contributed by atoms with Gasteiger partial charge in [-0.05, 0) is 38.1 Å². The van der Waals surface area contributed by atoms with Gasteiger partial charge in [0.15, 0.2) is 5.13 Å². The second-order valence-electron chi connectivity index (χ2n) is 6.82. The van der Waals surface area contributed by atoms with Gasteiger partial charge in [0.1, 0.15) is 11.6 Å². The molecule has 2 aromatic carbocycles. The van der Waals surface area contributed by atoms with E-state index in [1.807, 2.05) is 6.92 Å². The van der Waals surface area contributed by atoms with Crippen molar-refractivity contribution in [1.29, 1.82) is 0 Å². The van der Waals surface area contributed by atoms with Crippen LogP contribution >= 0.6 is 11.3 Å². The van der Waals surface area contributed by atoms with E-state index in [1.54, 1.807) is 37.3 Å². The maximum atomic E-state index is 12.4. The minimum atomic E-state index is -3.81. The second kappa shape index (κ2) is 10.3. The van der Waals surface area contributed by atoms with Gasteiger partial charge in [0.25, 0.3) is 10.0 Å². The number of nitrogens with one attached hydrogen (secondary N) is 3. The molecule has 1 amide bonds. The fourth-order valence-electron chi connectivity index (χ4n) is 2.58. The molecule has 33 heavy (non-hydrogen) atoms. The smallest absolute Gasteiger partial charge is 0.412 e. The van der Waals surface area contributed by atoms with E-state index < -0.39 is 26.1 Å². The first-order valence-corrected chi connectivity index (χ1v) is 13.4. The van der Waals surface area contributed by atoms with E-state index in [0.717, 1.165) is 16.9 Å². The van der Waals surface area contributed by atoms with Crippen LogP contribution in [0.15, 0.2) is 64.4 Å². The summed E-state index contributed by atoms with van der Waals surface area (Å²) in [6.07, 6.45) is -0.825. The average Bonchev–Trinajstić information content (AvgIpc) is 3.10. The number of nitrogens with zero attached hydrogens (tertiary/aromatic N) is 1. The van der Waals surface area contributed by atoms with E-state index in [4.69, 9.17) is 4.74 Å². The molecule has 0 bridgehead atoms. The van der Waals surface area contributed by atoms with Gasteiger partial charge in [0.05, 0.1) is 15.5 Å². The molecule has 3 N–H and O–H groups in total. The Morgan fingerprint density at radius 1 is 0.939 bits per heavy atom. The highest BCUT2D eigenvalue weighted by atomic mass is 32.2. The molecule has 0 spiro atoms. The number of carbonyl (C=O) groups excluding carboxylic acids is 1. The van der Waals surface area contributed by atoms with E-state index >= 15 is 0 Å². The molecule has 0 aliphatic carbocycles. The number of thiazole rings is 1. The van der Waals surface area contributed by atoms with Crippen LogP contribution in [0, 0.1) is 13.8 Å². The van der Waals surface area contributed by atoms with Crippen molar-refractivity contribution < 1.29 is 26.4 Å². The molecule has 1 aromatic heterocycles. The fourth-order valence-corrected chi connectivity index (χ4v) is 5.70. The van der Waals surface area contributed by atoms with Crippen LogP contribution in [0.3, 0.4) is 0 Å². The van der Waals surface area contributed by atoms with Gasteiger partial charge in [-0.25, -0.2) is 31.3 Å². The molecule has 0 radical (unpaired) electrons. The summed E-state index contributed by atoms with van der Waals surface area (Å²) in [7, 11) is -7.53. The van der Waals surface area contributed by atoms with Gasteiger partial charge in [-0.1, -0.05) is 47.2 Å². The lowest BCUT2D eigenvalue weighted by Crippen LogP contribution is -2.29. The van der Waals surface area contributed by atoms with Crippen molar-refractivity contribution in [3.05, 3.63) is 65.9 Å². The summed E-state index contributed by atoms with van der Waals surface area (Å²) >= 11 is 0.926. The van der Waals surface area contributed by atoms with Crippen molar-refractivity contribution >= 4 is 47.6 Å². The van der Waals surface area contributed by atoms with Gasteiger partial charge >= 0.3 is 6.09 Å². The predicted molar refractivity (Wildman–Crippen MR) is 125 cm³/mol. The Morgan fingerprint density at radius 3 is 2.24 bits per heavy atom. The Morgan fingerprint density at radius 2 is 1.58 bits per heavy atom. The highest BCUT2D eigenvalue weighted by Crippen LogP contribution is 2.29. The largest absolute Gasteiger partial charge is 0.448 e. The maximum absolute atomic E-state index is 12.4. The van der Waals surface area contributed by atoms with E-state index in [2.05, 4.69) is 19.7 Å². The molecule has 3 rings (SSSR count). The van der Waals surface area contributed by atoms with Crippen LogP contribution in [0.25, 0.3) is 0 Å². The number of amides is 1. The summed E-state index contributed by atoms with van der Waals surface area (Å²) in [5, 5.41) is 2.85. The monoisotopic (exact) mass is 510 g/mol. The average molecular weight is 511 g/mol. The fraction of sp³-hybridized carbons (Fsp3) is 0.200. The summed E-state index contributed by atoms with van der Waals surface area (Å²) in [5.74, 6) is 0. The molecule has 0 atom stereocenters. The molecule has 3 aromatic rings. The van der Waals surface area contributed by atoms with Gasteiger partial charge in [0, 0.05) is 6.54 Å². The standard InChI is InChI=1S/C20H22N4O6S3/c1-14-8-10-17(11-9-14)32(26,27)21-12-13-30-20(25)23-18-15(2)22-19(31-18)24-33(28,29)16-6-4-3-5-7-16/h3-11,21H,12-13H2,1-2H3,(H,22,24)(H,23,25). The number of sulfonamides is 2. The first kappa shape index (κ1) is 24.6. The molecular formula is C20H22N4O6S3. The highest BCUT2D eigenvalue weighted by Gasteiger charge is 2.18. The van der Waals surface area contributed by atoms with E-state index in [-0.39, 0.29) is 28.1 Å². The summed E-state index contributed by atoms with van der Waals surface area (Å²) in [5.41, 5.74) is 1.33. The molecule has 13 heteroatoms. The molecule has 0 saturated heterocycles. The van der Waals surface area contributed by atoms with Crippen molar-refractivity contribution in [1.82, 2.24) is 9.71 Å². The van der Waals surface area contributed by atoms with Crippen LogP contribution in [-0.2, 0) is 24.8 Å². The minimum Gasteiger partial charge on any atom is -0.448 e. The molecule has 1 heterocycles. The number of aromatic nitrogens is 1. The third-order valence-corrected chi connectivity index (χ3v) is 8.20. The minimum absolute atomic E-state index is 0.0810. The zero-order valence-electron chi connectivity index (χ0n) is 17.7. The van der Waals surface area contributed by atoms with Crippen LogP contribution in [-0.4, -0.2) is 41.1 Å². The third-order valence-electron chi connectivity index (χ3n) is 4.25. The zero-order valence-corrected chi connectivity index (χ0v) is 20.2. The Labute approximate surface area is 196 Å². The summed E-state index contributed by atoms with van der Waals surface area (Å²) in [6.45, 7) is 3.13. The Balaban J connectivity index is 1.51. The molecule has 0 fully saturated rings. The second-order valence-corrected chi connectivity index (χ2v) is 11.3. The number of ether oxygens (including phenoxy) is 1. The number of carbonyl (C=O) groups is 1. The van der Waals surface area contributed by atoms with Gasteiger partial charge in [-0.2, -0.15) is 0 Å². The van der Waals surface area contributed by atoms with Crippen LogP contribution in [0.4, 0.5) is 14.9 Å². The normalized spacial score (nSPS) is 11.7. The van der Waals surface area contributed by atoms with E-state index in [9.17, 15) is 21.6 Å². The van der Waals surface area contributed by atoms with Crippen molar-refractivity contribution in [2.45, 2.75) is 23.6 Å². The SMILES string of the molecule is Cc1ccc(S(=O)(=O)NCCOC(=O)Nc2sc(NS(=O)(=O)c3ccccc3)nc2C)cc1. The third kappa shape index (κ3) is 6.74. The molecule has 0 unspecified atom stereocenters. The Kier molecular flexibility index (Phi) is 7.68. The highest BCUT2D eigenvalue weighted by molar-refractivity contribution is 7.93. The van der Waals surface area contributed by atoms with Crippen molar-refractivity contribution in [3.8, 4) is 0 Å². The number of hydrogen-bond donors (Lipinski definition) is 3. The van der Waals surface area contributed by atoms with Crippen molar-refractivity contribution in [2.24, 2.45) is 0 Å². The molecule has 0 aliphatic rings. The van der Waals surface area contributed by atoms with Crippen LogP contribution in [0.2, 0.25) is 0 Å². The summed E-state index contributed by atoms with van der Waals surface area (Å²) in [4.78, 5) is 16.3. The van der Waals surface area contributed by atoms with Gasteiger partial charge in [-0.15, -0.1) is 0 Å². The van der Waals surface area contributed by atoms with E-state index in [0.29, 0.717) is 10.7 Å². The molecule has 0 aliphatic heterocycles. The van der Waals surface area contributed by atoms with Gasteiger partial charge in [0.2, 0.25) is 10.0 Å². The van der Waals surface area contributed by atoms with Crippen LogP contribution < -0.4 is 14.8 Å². The Bertz CT molecular complexity index is 1320. The van der Waals surface area contributed by atoms with E-state index in [1.165, 1.54) is 24.3 Å². The van der Waals surface area contributed by atoms with Crippen LogP contribution in [0.1, 0.15) is 11.3 Å². The lowest BCUT2D eigenvalue weighted by atomic mass is 10.2. The molecule has 10 nitrogen and oxygen atoms in total. The number of aryl methyl sites for hydroxylation is 2. The quantitative estimate of drug-likeness (QED) is 0.375. The van der Waals surface area contributed by atoms with Gasteiger partial charge < -0.3 is 4.74 Å². The predicted octanol–water partition coefficient (Wildman–Crippen LogP) is 3.09. The number of rotatable bonds is 9. The lowest BCUT2D eigenvalue weighted by molar-refractivity contribution is 0.164. The van der Waals surface area contributed by atoms with Gasteiger partial charge in [-0.3, -0.25) is 10.0 Å². The first-order chi connectivity index (χ1) is 15.6. The van der Waals surface area contributed by atoms with Crippen molar-refractivity contribution in [3.63, 3.8) is 0 Å². The number of hydrogen-bond acceptors (Lipinski definition) is 8. The molecule has 176 valence electrons.